The van der Waals surface area contributed by atoms with Gasteiger partial charge in [0.1, 0.15) is 0 Å². The van der Waals surface area contributed by atoms with E-state index >= 15 is 0 Å². The van der Waals surface area contributed by atoms with Crippen LogP contribution in [0, 0.1) is 0 Å². The van der Waals surface area contributed by atoms with Gasteiger partial charge in [-0.3, -0.25) is 0 Å². The maximum absolute atomic E-state index is 12.1. The predicted molar refractivity (Wildman–Crippen MR) is 68.5 cm³/mol. The van der Waals surface area contributed by atoms with Gasteiger partial charge in [-0.05, 0) is 33.2 Å². The zero-order valence-corrected chi connectivity index (χ0v) is 11.8. The Kier molecular flexibility index (Phi) is 5.37. The number of nitrogens with one attached hydrogen (secondary N) is 2. The maximum atomic E-state index is 12.1. The molecule has 0 aromatic carbocycles. The van der Waals surface area contributed by atoms with Crippen molar-refractivity contribution >= 4 is 10.0 Å². The number of sulfonamides is 1. The minimum Gasteiger partial charge on any atom is -0.381 e. The Hall–Kier alpha value is -0.170. The molecular weight excluding hydrogens is 240 g/mol. The summed E-state index contributed by atoms with van der Waals surface area (Å²) in [6.45, 7) is 8.16. The molecule has 0 aromatic heterocycles. The number of hydrogen-bond acceptors (Lipinski definition) is 4. The topological polar surface area (TPSA) is 67.4 Å². The van der Waals surface area contributed by atoms with E-state index < -0.39 is 15.3 Å². The molecule has 0 aromatic rings. The van der Waals surface area contributed by atoms with Crippen LogP contribution in [0.4, 0.5) is 0 Å². The van der Waals surface area contributed by atoms with Gasteiger partial charge in [0.15, 0.2) is 0 Å². The Bertz CT molecular complexity index is 324. The minimum atomic E-state index is -3.26. The van der Waals surface area contributed by atoms with Crippen LogP contribution in [0.25, 0.3) is 0 Å². The number of rotatable bonds is 6. The van der Waals surface area contributed by atoms with Crippen LogP contribution in [0.5, 0.6) is 0 Å². The van der Waals surface area contributed by atoms with Crippen LogP contribution in [0.3, 0.4) is 0 Å². The summed E-state index contributed by atoms with van der Waals surface area (Å²) in [4.78, 5) is 0. The molecule has 0 bridgehead atoms. The lowest BCUT2D eigenvalue weighted by molar-refractivity contribution is 0.0537. The van der Waals surface area contributed by atoms with E-state index in [1.54, 1.807) is 6.92 Å². The van der Waals surface area contributed by atoms with Gasteiger partial charge >= 0.3 is 0 Å². The normalized spacial score (nSPS) is 22.3. The van der Waals surface area contributed by atoms with Gasteiger partial charge in [-0.25, -0.2) is 13.1 Å². The van der Waals surface area contributed by atoms with E-state index in [9.17, 15) is 8.42 Å². The van der Waals surface area contributed by atoms with E-state index in [-0.39, 0.29) is 5.54 Å². The highest BCUT2D eigenvalue weighted by atomic mass is 32.2. The Morgan fingerprint density at radius 1 is 1.35 bits per heavy atom. The summed E-state index contributed by atoms with van der Waals surface area (Å²) in [5.74, 6) is 0. The van der Waals surface area contributed by atoms with Crippen molar-refractivity contribution < 1.29 is 13.2 Å². The third-order valence-corrected chi connectivity index (χ3v) is 5.20. The van der Waals surface area contributed by atoms with E-state index in [2.05, 4.69) is 10.0 Å². The lowest BCUT2D eigenvalue weighted by Crippen LogP contribution is -2.53. The first-order chi connectivity index (χ1) is 7.90. The Balaban J connectivity index is 2.58. The quantitative estimate of drug-likeness (QED) is 0.732. The minimum absolute atomic E-state index is 0.350. The van der Waals surface area contributed by atoms with Crippen molar-refractivity contribution in [1.82, 2.24) is 10.0 Å². The van der Waals surface area contributed by atoms with E-state index in [0.717, 1.165) is 19.4 Å². The Morgan fingerprint density at radius 2 is 1.94 bits per heavy atom. The van der Waals surface area contributed by atoms with Crippen molar-refractivity contribution in [3.05, 3.63) is 0 Å². The molecule has 1 unspecified atom stereocenters. The molecule has 1 saturated heterocycles. The van der Waals surface area contributed by atoms with Crippen molar-refractivity contribution in [2.45, 2.75) is 44.4 Å². The molecule has 1 rings (SSSR count). The zero-order valence-electron chi connectivity index (χ0n) is 11.0. The summed E-state index contributed by atoms with van der Waals surface area (Å²) in [5.41, 5.74) is -0.350. The van der Waals surface area contributed by atoms with Crippen LogP contribution in [0.2, 0.25) is 0 Å². The third-order valence-electron chi connectivity index (χ3n) is 3.20. The second-order valence-corrected chi connectivity index (χ2v) is 7.04. The molecule has 1 atom stereocenters. The molecule has 0 aliphatic carbocycles. The van der Waals surface area contributed by atoms with Gasteiger partial charge in [0.05, 0.1) is 5.25 Å². The fourth-order valence-corrected chi connectivity index (χ4v) is 3.25. The highest BCUT2D eigenvalue weighted by molar-refractivity contribution is 7.90. The zero-order chi connectivity index (χ0) is 12.9. The SMILES string of the molecule is CCNCC(C)S(=O)(=O)NC1(C)CCOCC1. The van der Waals surface area contributed by atoms with Crippen LogP contribution in [0.15, 0.2) is 0 Å². The van der Waals surface area contributed by atoms with Gasteiger partial charge in [0.25, 0.3) is 0 Å². The van der Waals surface area contributed by atoms with Crippen LogP contribution < -0.4 is 10.0 Å². The highest BCUT2D eigenvalue weighted by Crippen LogP contribution is 2.21. The fourth-order valence-electron chi connectivity index (χ4n) is 1.83. The third kappa shape index (κ3) is 4.54. The van der Waals surface area contributed by atoms with E-state index in [0.29, 0.717) is 19.8 Å². The molecule has 1 fully saturated rings. The van der Waals surface area contributed by atoms with Crippen LogP contribution in [0.1, 0.15) is 33.6 Å². The average Bonchev–Trinajstić information content (AvgIpc) is 2.25. The molecule has 6 heteroatoms. The van der Waals surface area contributed by atoms with E-state index in [4.69, 9.17) is 4.74 Å². The monoisotopic (exact) mass is 264 g/mol. The summed E-state index contributed by atoms with van der Waals surface area (Å²) < 4.78 is 32.3. The average molecular weight is 264 g/mol. The van der Waals surface area contributed by atoms with Crippen LogP contribution in [-0.4, -0.2) is 45.5 Å². The van der Waals surface area contributed by atoms with Crippen molar-refractivity contribution in [3.8, 4) is 0 Å². The largest absolute Gasteiger partial charge is 0.381 e. The molecule has 102 valence electrons. The molecule has 5 nitrogen and oxygen atoms in total. The first-order valence-electron chi connectivity index (χ1n) is 6.21. The van der Waals surface area contributed by atoms with Crippen molar-refractivity contribution in [1.29, 1.82) is 0 Å². The number of hydrogen-bond donors (Lipinski definition) is 2. The van der Waals surface area contributed by atoms with Gasteiger partial charge in [-0.2, -0.15) is 0 Å². The predicted octanol–water partition coefficient (Wildman–Crippen LogP) is 0.473. The van der Waals surface area contributed by atoms with Crippen LogP contribution >= 0.6 is 0 Å². The summed E-state index contributed by atoms with van der Waals surface area (Å²) in [7, 11) is -3.26. The first-order valence-corrected chi connectivity index (χ1v) is 7.75. The number of ether oxygens (including phenoxy) is 1. The van der Waals surface area contributed by atoms with Crippen molar-refractivity contribution in [2.75, 3.05) is 26.3 Å². The molecule has 1 aliphatic heterocycles. The molecule has 1 aliphatic rings. The Labute approximate surface area is 104 Å². The lowest BCUT2D eigenvalue weighted by atomic mass is 9.94. The van der Waals surface area contributed by atoms with Crippen molar-refractivity contribution in [3.63, 3.8) is 0 Å². The smallest absolute Gasteiger partial charge is 0.215 e. The standard InChI is InChI=1S/C11H24N2O3S/c1-4-12-9-10(2)17(14,15)13-11(3)5-7-16-8-6-11/h10,12-13H,4-9H2,1-3H3. The van der Waals surface area contributed by atoms with Gasteiger partial charge in [0, 0.05) is 25.3 Å². The first kappa shape index (κ1) is 14.9. The molecule has 17 heavy (non-hydrogen) atoms. The Morgan fingerprint density at radius 3 is 2.47 bits per heavy atom. The second kappa shape index (κ2) is 6.13. The van der Waals surface area contributed by atoms with Gasteiger partial charge in [-0.15, -0.1) is 0 Å². The summed E-state index contributed by atoms with van der Waals surface area (Å²) in [6, 6.07) is 0. The molecule has 0 amide bonds. The van der Waals surface area contributed by atoms with Crippen LogP contribution in [-0.2, 0) is 14.8 Å². The summed E-state index contributed by atoms with van der Waals surface area (Å²) in [5, 5.41) is 2.65. The molecule has 1 heterocycles. The molecule has 0 spiro atoms. The fraction of sp³-hybridized carbons (Fsp3) is 1.00. The molecule has 0 saturated carbocycles. The second-order valence-electron chi connectivity index (χ2n) is 4.94. The van der Waals surface area contributed by atoms with Gasteiger partial charge in [-0.1, -0.05) is 6.92 Å². The van der Waals surface area contributed by atoms with E-state index in [1.165, 1.54) is 0 Å². The van der Waals surface area contributed by atoms with Gasteiger partial charge in [0.2, 0.25) is 10.0 Å². The van der Waals surface area contributed by atoms with Crippen molar-refractivity contribution in [2.24, 2.45) is 0 Å². The highest BCUT2D eigenvalue weighted by Gasteiger charge is 2.33. The summed E-state index contributed by atoms with van der Waals surface area (Å²) in [6.07, 6.45) is 1.47. The summed E-state index contributed by atoms with van der Waals surface area (Å²) >= 11 is 0. The molecular formula is C11H24N2O3S. The molecule has 0 radical (unpaired) electrons. The molecule has 2 N–H and O–H groups in total. The maximum Gasteiger partial charge on any atom is 0.215 e. The van der Waals surface area contributed by atoms with E-state index in [1.807, 2.05) is 13.8 Å². The lowest BCUT2D eigenvalue weighted by Gasteiger charge is -2.35. The van der Waals surface area contributed by atoms with Gasteiger partial charge < -0.3 is 10.1 Å².